The zero-order valence-corrected chi connectivity index (χ0v) is 8.65. The van der Waals surface area contributed by atoms with Crippen molar-refractivity contribution in [2.24, 2.45) is 5.73 Å². The number of nitrogens with two attached hydrogens (primary N) is 1. The van der Waals surface area contributed by atoms with Crippen LogP contribution in [0.4, 0.5) is 0 Å². The molecule has 0 aliphatic carbocycles. The van der Waals surface area contributed by atoms with E-state index in [9.17, 15) is 0 Å². The number of aryl methyl sites for hydroxylation is 1. The van der Waals surface area contributed by atoms with Gasteiger partial charge in [-0.05, 0) is 43.1 Å². The Kier molecular flexibility index (Phi) is 3.46. The Hall–Kier alpha value is -0.860. The van der Waals surface area contributed by atoms with Gasteiger partial charge in [0.2, 0.25) is 0 Å². The molecular formula is C11H18N2. The third-order valence-corrected chi connectivity index (χ3v) is 2.44. The van der Waals surface area contributed by atoms with Crippen molar-refractivity contribution in [2.45, 2.75) is 26.9 Å². The molecule has 0 fully saturated rings. The first kappa shape index (κ1) is 10.2. The van der Waals surface area contributed by atoms with Crippen molar-refractivity contribution in [3.63, 3.8) is 0 Å². The second kappa shape index (κ2) is 4.40. The van der Waals surface area contributed by atoms with E-state index in [0.29, 0.717) is 6.54 Å². The fraction of sp³-hybridized carbons (Fsp3) is 0.455. The quantitative estimate of drug-likeness (QED) is 0.735. The van der Waals surface area contributed by atoms with E-state index in [0.717, 1.165) is 6.54 Å². The molecule has 3 N–H and O–H groups in total. The van der Waals surface area contributed by atoms with E-state index in [1.165, 1.54) is 22.3 Å². The number of nitrogens with one attached hydrogen (secondary N) is 1. The summed E-state index contributed by atoms with van der Waals surface area (Å²) in [6.07, 6.45) is 0. The highest BCUT2D eigenvalue weighted by Gasteiger charge is 2.02. The fourth-order valence-corrected chi connectivity index (χ4v) is 1.53. The van der Waals surface area contributed by atoms with Gasteiger partial charge in [0.1, 0.15) is 0 Å². The molecule has 0 unspecified atom stereocenters. The lowest BCUT2D eigenvalue weighted by Crippen LogP contribution is -2.08. The predicted molar refractivity (Wildman–Crippen MR) is 56.6 cm³/mol. The molecule has 0 atom stereocenters. The van der Waals surface area contributed by atoms with Crippen molar-refractivity contribution in [3.8, 4) is 0 Å². The fourth-order valence-electron chi connectivity index (χ4n) is 1.53. The van der Waals surface area contributed by atoms with Gasteiger partial charge < -0.3 is 11.1 Å². The summed E-state index contributed by atoms with van der Waals surface area (Å²) in [7, 11) is 1.96. The molecule has 0 aliphatic rings. The first-order valence-electron chi connectivity index (χ1n) is 4.62. The van der Waals surface area contributed by atoms with Gasteiger partial charge in [-0.2, -0.15) is 0 Å². The lowest BCUT2D eigenvalue weighted by Gasteiger charge is -2.10. The van der Waals surface area contributed by atoms with Crippen molar-refractivity contribution < 1.29 is 0 Å². The Morgan fingerprint density at radius 3 is 2.54 bits per heavy atom. The first-order chi connectivity index (χ1) is 6.19. The second-order valence-corrected chi connectivity index (χ2v) is 3.43. The van der Waals surface area contributed by atoms with Gasteiger partial charge in [-0.3, -0.25) is 0 Å². The van der Waals surface area contributed by atoms with Crippen LogP contribution in [0, 0.1) is 13.8 Å². The van der Waals surface area contributed by atoms with Gasteiger partial charge in [-0.25, -0.2) is 0 Å². The minimum absolute atomic E-state index is 0.629. The molecule has 0 heterocycles. The van der Waals surface area contributed by atoms with Crippen LogP contribution in [0.1, 0.15) is 22.3 Å². The highest BCUT2D eigenvalue weighted by atomic mass is 14.8. The van der Waals surface area contributed by atoms with E-state index in [2.05, 4.69) is 31.3 Å². The smallest absolute Gasteiger partial charge is 0.0202 e. The SMILES string of the molecule is CNCc1cc(C)c(C)c(CN)c1. The summed E-state index contributed by atoms with van der Waals surface area (Å²) in [6.45, 7) is 5.80. The van der Waals surface area contributed by atoms with Crippen LogP contribution in [0.15, 0.2) is 12.1 Å². The molecule has 0 saturated heterocycles. The average Bonchev–Trinajstić information content (AvgIpc) is 2.11. The largest absolute Gasteiger partial charge is 0.326 e. The van der Waals surface area contributed by atoms with Gasteiger partial charge in [0.25, 0.3) is 0 Å². The van der Waals surface area contributed by atoms with Crippen LogP contribution in [0.3, 0.4) is 0 Å². The molecule has 1 rings (SSSR count). The molecule has 0 aliphatic heterocycles. The number of hydrogen-bond donors (Lipinski definition) is 2. The minimum atomic E-state index is 0.629. The first-order valence-corrected chi connectivity index (χ1v) is 4.62. The number of hydrogen-bond acceptors (Lipinski definition) is 2. The van der Waals surface area contributed by atoms with Crippen LogP contribution in [0.5, 0.6) is 0 Å². The van der Waals surface area contributed by atoms with Crippen molar-refractivity contribution in [1.29, 1.82) is 0 Å². The molecule has 2 nitrogen and oxygen atoms in total. The summed E-state index contributed by atoms with van der Waals surface area (Å²) in [5, 5.41) is 3.14. The molecule has 2 heteroatoms. The number of rotatable bonds is 3. The topological polar surface area (TPSA) is 38.0 Å². The Bertz CT molecular complexity index is 292. The summed E-state index contributed by atoms with van der Waals surface area (Å²) in [5.41, 5.74) is 10.9. The van der Waals surface area contributed by atoms with Crippen molar-refractivity contribution in [3.05, 3.63) is 34.4 Å². The van der Waals surface area contributed by atoms with E-state index in [1.54, 1.807) is 0 Å². The maximum Gasteiger partial charge on any atom is 0.0202 e. The summed E-state index contributed by atoms with van der Waals surface area (Å²) in [4.78, 5) is 0. The summed E-state index contributed by atoms with van der Waals surface area (Å²) in [6, 6.07) is 4.39. The van der Waals surface area contributed by atoms with Crippen LogP contribution in [0.25, 0.3) is 0 Å². The van der Waals surface area contributed by atoms with Gasteiger partial charge in [-0.1, -0.05) is 12.1 Å². The minimum Gasteiger partial charge on any atom is -0.326 e. The monoisotopic (exact) mass is 178 g/mol. The molecule has 13 heavy (non-hydrogen) atoms. The Labute approximate surface area is 80.1 Å². The van der Waals surface area contributed by atoms with Crippen molar-refractivity contribution >= 4 is 0 Å². The Balaban J connectivity index is 3.06. The molecule has 72 valence electrons. The van der Waals surface area contributed by atoms with Crippen LogP contribution >= 0.6 is 0 Å². The van der Waals surface area contributed by atoms with Gasteiger partial charge >= 0.3 is 0 Å². The van der Waals surface area contributed by atoms with Gasteiger partial charge in [-0.15, -0.1) is 0 Å². The molecule has 1 aromatic rings. The Morgan fingerprint density at radius 2 is 2.00 bits per heavy atom. The summed E-state index contributed by atoms with van der Waals surface area (Å²) >= 11 is 0. The molecular weight excluding hydrogens is 160 g/mol. The molecule has 0 aromatic heterocycles. The molecule has 0 bridgehead atoms. The van der Waals surface area contributed by atoms with Crippen LogP contribution < -0.4 is 11.1 Å². The van der Waals surface area contributed by atoms with Crippen LogP contribution in [0.2, 0.25) is 0 Å². The average molecular weight is 178 g/mol. The zero-order chi connectivity index (χ0) is 9.84. The van der Waals surface area contributed by atoms with Gasteiger partial charge in [0.05, 0.1) is 0 Å². The third kappa shape index (κ3) is 2.29. The predicted octanol–water partition coefficient (Wildman–Crippen LogP) is 1.48. The normalized spacial score (nSPS) is 10.5. The molecule has 0 saturated carbocycles. The summed E-state index contributed by atoms with van der Waals surface area (Å²) in [5.74, 6) is 0. The lowest BCUT2D eigenvalue weighted by atomic mass is 9.99. The second-order valence-electron chi connectivity index (χ2n) is 3.43. The van der Waals surface area contributed by atoms with Crippen LogP contribution in [-0.2, 0) is 13.1 Å². The standard InChI is InChI=1S/C11H18N2/c1-8-4-10(7-13-3)5-11(6-12)9(8)2/h4-5,13H,6-7,12H2,1-3H3. The lowest BCUT2D eigenvalue weighted by molar-refractivity contribution is 0.813. The van der Waals surface area contributed by atoms with Crippen molar-refractivity contribution in [2.75, 3.05) is 7.05 Å². The Morgan fingerprint density at radius 1 is 1.31 bits per heavy atom. The molecule has 0 amide bonds. The van der Waals surface area contributed by atoms with E-state index >= 15 is 0 Å². The van der Waals surface area contributed by atoms with E-state index in [-0.39, 0.29) is 0 Å². The molecule has 1 aromatic carbocycles. The van der Waals surface area contributed by atoms with Gasteiger partial charge in [0.15, 0.2) is 0 Å². The summed E-state index contributed by atoms with van der Waals surface area (Å²) < 4.78 is 0. The van der Waals surface area contributed by atoms with E-state index < -0.39 is 0 Å². The third-order valence-electron chi connectivity index (χ3n) is 2.44. The molecule has 0 spiro atoms. The van der Waals surface area contributed by atoms with Crippen LogP contribution in [-0.4, -0.2) is 7.05 Å². The van der Waals surface area contributed by atoms with Gasteiger partial charge in [0, 0.05) is 13.1 Å². The highest BCUT2D eigenvalue weighted by molar-refractivity contribution is 5.37. The maximum absolute atomic E-state index is 5.66. The highest BCUT2D eigenvalue weighted by Crippen LogP contribution is 2.15. The maximum atomic E-state index is 5.66. The van der Waals surface area contributed by atoms with E-state index in [4.69, 9.17) is 5.73 Å². The van der Waals surface area contributed by atoms with Crippen molar-refractivity contribution in [1.82, 2.24) is 5.32 Å². The number of benzene rings is 1. The zero-order valence-electron chi connectivity index (χ0n) is 8.65. The van der Waals surface area contributed by atoms with E-state index in [1.807, 2.05) is 7.05 Å². The molecule has 0 radical (unpaired) electrons.